The lowest BCUT2D eigenvalue weighted by molar-refractivity contribution is -0.148. The lowest BCUT2D eigenvalue weighted by Gasteiger charge is -2.36. The molecule has 1 unspecified atom stereocenters. The molecule has 5 rings (SSSR count). The number of halogens is 4. The molecule has 4 aromatic rings. The van der Waals surface area contributed by atoms with E-state index in [2.05, 4.69) is 42.1 Å². The maximum absolute atomic E-state index is 14.7. The molecule has 0 radical (unpaired) electrons. The number of rotatable bonds is 6. The standard InChI is InChI=1S/C23H22F4N10O/c1-2-3-18-30-21-15-13-29-36(20(15)31-22(28)37(21)32-18)11-8-34-6-9-35(10-7-34)17-5-4-14(12-16(17)24)19(33-38)23(25,26)27/h4-5,12-13,19H,6-11H2,1H3,(H2,28,31). The third-order valence-corrected chi connectivity index (χ3v) is 6.38. The van der Waals surface area contributed by atoms with Crippen LogP contribution >= 0.6 is 0 Å². The van der Waals surface area contributed by atoms with E-state index in [0.717, 1.165) is 12.1 Å². The molecule has 11 nitrogen and oxygen atoms in total. The Kier molecular flexibility index (Phi) is 6.57. The average molecular weight is 530 g/mol. The zero-order valence-electron chi connectivity index (χ0n) is 20.2. The molecule has 2 N–H and O–H groups in total. The van der Waals surface area contributed by atoms with Gasteiger partial charge in [0.15, 0.2) is 11.3 Å². The Hall–Kier alpha value is -4.32. The maximum atomic E-state index is 14.7. The van der Waals surface area contributed by atoms with Gasteiger partial charge in [-0.1, -0.05) is 17.2 Å². The number of nitrogen functional groups attached to an aromatic ring is 1. The Labute approximate surface area is 213 Å². The second-order valence-electron chi connectivity index (χ2n) is 8.71. The molecule has 1 atom stereocenters. The second kappa shape index (κ2) is 9.86. The first-order valence-corrected chi connectivity index (χ1v) is 11.7. The van der Waals surface area contributed by atoms with Crippen molar-refractivity contribution in [3.05, 3.63) is 46.5 Å². The molecule has 1 aromatic carbocycles. The van der Waals surface area contributed by atoms with Crippen LogP contribution in [-0.2, 0) is 6.54 Å². The predicted molar refractivity (Wildman–Crippen MR) is 131 cm³/mol. The molecule has 0 saturated carbocycles. The van der Waals surface area contributed by atoms with Crippen LogP contribution < -0.4 is 10.6 Å². The minimum absolute atomic E-state index is 0.165. The third kappa shape index (κ3) is 4.70. The van der Waals surface area contributed by atoms with Crippen LogP contribution in [0.1, 0.15) is 24.4 Å². The number of benzene rings is 1. The molecule has 1 aliphatic heterocycles. The Bertz CT molecular complexity index is 1560. The monoisotopic (exact) mass is 530 g/mol. The number of nitroso groups, excluding NO2 is 1. The number of piperazine rings is 1. The van der Waals surface area contributed by atoms with E-state index in [0.29, 0.717) is 61.8 Å². The van der Waals surface area contributed by atoms with Crippen molar-refractivity contribution in [2.45, 2.75) is 25.7 Å². The Morgan fingerprint density at radius 1 is 1.13 bits per heavy atom. The summed E-state index contributed by atoms with van der Waals surface area (Å²) in [6.45, 7) is 4.98. The van der Waals surface area contributed by atoms with Gasteiger partial charge in [-0.15, -0.1) is 10.0 Å². The second-order valence-corrected chi connectivity index (χ2v) is 8.71. The van der Waals surface area contributed by atoms with Crippen molar-refractivity contribution in [3.63, 3.8) is 0 Å². The molecule has 38 heavy (non-hydrogen) atoms. The number of hydrogen-bond acceptors (Lipinski definition) is 9. The maximum Gasteiger partial charge on any atom is 0.418 e. The summed E-state index contributed by atoms with van der Waals surface area (Å²) in [5, 5.41) is 11.5. The van der Waals surface area contributed by atoms with Crippen LogP contribution in [0, 0.1) is 22.6 Å². The Morgan fingerprint density at radius 3 is 2.55 bits per heavy atom. The van der Waals surface area contributed by atoms with Crippen molar-refractivity contribution in [3.8, 4) is 11.8 Å². The number of alkyl halides is 3. The third-order valence-electron chi connectivity index (χ3n) is 6.38. The number of aromatic nitrogens is 6. The van der Waals surface area contributed by atoms with E-state index in [9.17, 15) is 22.5 Å². The van der Waals surface area contributed by atoms with Crippen molar-refractivity contribution in [1.82, 2.24) is 34.3 Å². The van der Waals surface area contributed by atoms with Crippen molar-refractivity contribution in [2.75, 3.05) is 43.4 Å². The molecule has 0 aliphatic carbocycles. The molecule has 0 spiro atoms. The summed E-state index contributed by atoms with van der Waals surface area (Å²) in [6.07, 6.45) is -3.22. The SMILES string of the molecule is CC#Cc1nc2c3cnn(CCN4CCN(c5ccc(C(N=O)C(F)(F)F)cc5F)CC4)c3nc(N)n2n1. The van der Waals surface area contributed by atoms with Gasteiger partial charge in [-0.05, 0) is 30.5 Å². The highest BCUT2D eigenvalue weighted by Gasteiger charge is 2.42. The van der Waals surface area contributed by atoms with Gasteiger partial charge >= 0.3 is 6.18 Å². The van der Waals surface area contributed by atoms with Gasteiger partial charge in [-0.3, -0.25) is 4.90 Å². The molecule has 0 bridgehead atoms. The van der Waals surface area contributed by atoms with Gasteiger partial charge in [0.2, 0.25) is 17.8 Å². The van der Waals surface area contributed by atoms with E-state index in [1.54, 1.807) is 22.7 Å². The number of anilines is 2. The molecule has 198 valence electrons. The topological polar surface area (TPSA) is 123 Å². The van der Waals surface area contributed by atoms with Gasteiger partial charge in [0, 0.05) is 32.7 Å². The summed E-state index contributed by atoms with van der Waals surface area (Å²) < 4.78 is 56.7. The zero-order chi connectivity index (χ0) is 27.0. The first-order chi connectivity index (χ1) is 18.2. The molecule has 4 heterocycles. The largest absolute Gasteiger partial charge is 0.418 e. The summed E-state index contributed by atoms with van der Waals surface area (Å²) in [7, 11) is 0. The van der Waals surface area contributed by atoms with Gasteiger partial charge in [0.25, 0.3) is 0 Å². The van der Waals surface area contributed by atoms with Gasteiger partial charge < -0.3 is 10.6 Å². The van der Waals surface area contributed by atoms with E-state index in [1.165, 1.54) is 10.6 Å². The van der Waals surface area contributed by atoms with Crippen LogP contribution in [0.2, 0.25) is 0 Å². The molecular weight excluding hydrogens is 508 g/mol. The fourth-order valence-electron chi connectivity index (χ4n) is 4.49. The van der Waals surface area contributed by atoms with Crippen molar-refractivity contribution in [2.24, 2.45) is 5.18 Å². The molecule has 3 aromatic heterocycles. The Morgan fingerprint density at radius 2 is 1.89 bits per heavy atom. The van der Waals surface area contributed by atoms with Gasteiger partial charge in [0.1, 0.15) is 5.82 Å². The molecule has 1 saturated heterocycles. The summed E-state index contributed by atoms with van der Waals surface area (Å²) in [4.78, 5) is 23.4. The number of hydrogen-bond donors (Lipinski definition) is 1. The highest BCUT2D eigenvalue weighted by molar-refractivity contribution is 5.89. The molecule has 15 heteroatoms. The van der Waals surface area contributed by atoms with E-state index >= 15 is 0 Å². The first-order valence-electron chi connectivity index (χ1n) is 11.7. The molecule has 0 amide bonds. The van der Waals surface area contributed by atoms with Crippen molar-refractivity contribution < 1.29 is 17.6 Å². The number of nitrogens with zero attached hydrogens (tertiary/aromatic N) is 9. The van der Waals surface area contributed by atoms with Crippen molar-refractivity contribution >= 4 is 28.3 Å². The summed E-state index contributed by atoms with van der Waals surface area (Å²) >= 11 is 0. The van der Waals surface area contributed by atoms with E-state index in [4.69, 9.17) is 5.73 Å². The first kappa shape index (κ1) is 25.3. The summed E-state index contributed by atoms with van der Waals surface area (Å²) in [5.74, 6) is 5.23. The summed E-state index contributed by atoms with van der Waals surface area (Å²) in [6, 6.07) is 0.487. The fourth-order valence-corrected chi connectivity index (χ4v) is 4.49. The highest BCUT2D eigenvalue weighted by Crippen LogP contribution is 2.37. The normalized spacial score (nSPS) is 15.6. The van der Waals surface area contributed by atoms with Gasteiger partial charge in [0.05, 0.1) is 23.8 Å². The smallest absolute Gasteiger partial charge is 0.368 e. The van der Waals surface area contributed by atoms with Crippen LogP contribution in [0.3, 0.4) is 0 Å². The fraction of sp³-hybridized carbons (Fsp3) is 0.391. The number of nitrogens with two attached hydrogens (primary N) is 1. The predicted octanol–water partition coefficient (Wildman–Crippen LogP) is 2.76. The van der Waals surface area contributed by atoms with E-state index in [-0.39, 0.29) is 11.6 Å². The van der Waals surface area contributed by atoms with Crippen molar-refractivity contribution in [1.29, 1.82) is 0 Å². The minimum atomic E-state index is -4.88. The van der Waals surface area contributed by atoms with Gasteiger partial charge in [-0.25, -0.2) is 9.07 Å². The van der Waals surface area contributed by atoms with Gasteiger partial charge in [-0.2, -0.15) is 32.8 Å². The Balaban J connectivity index is 1.24. The van der Waals surface area contributed by atoms with E-state index < -0.39 is 23.6 Å². The number of fused-ring (bicyclic) bond motifs is 3. The van der Waals surface area contributed by atoms with E-state index in [1.807, 2.05) is 0 Å². The van der Waals surface area contributed by atoms with Crippen LogP contribution in [0.25, 0.3) is 16.7 Å². The zero-order valence-corrected chi connectivity index (χ0v) is 20.2. The van der Waals surface area contributed by atoms with Crippen LogP contribution in [0.4, 0.5) is 29.2 Å². The molecule has 1 aliphatic rings. The quantitative estimate of drug-likeness (QED) is 0.229. The summed E-state index contributed by atoms with van der Waals surface area (Å²) in [5.41, 5.74) is 6.82. The molecular formula is C23H22F4N10O. The van der Waals surface area contributed by atoms with Crippen LogP contribution in [0.5, 0.6) is 0 Å². The van der Waals surface area contributed by atoms with Crippen LogP contribution in [0.15, 0.2) is 29.6 Å². The lowest BCUT2D eigenvalue weighted by Crippen LogP contribution is -2.47. The minimum Gasteiger partial charge on any atom is -0.368 e. The van der Waals surface area contributed by atoms with Crippen LogP contribution in [-0.4, -0.2) is 73.2 Å². The average Bonchev–Trinajstić information content (AvgIpc) is 3.47. The highest BCUT2D eigenvalue weighted by atomic mass is 19.4. The lowest BCUT2D eigenvalue weighted by atomic mass is 10.1. The molecule has 1 fully saturated rings.